The van der Waals surface area contributed by atoms with E-state index >= 15 is 0 Å². The van der Waals surface area contributed by atoms with Crippen molar-refractivity contribution in [3.8, 4) is 0 Å². The average molecular weight is 232 g/mol. The maximum atomic E-state index is 11.9. The van der Waals surface area contributed by atoms with E-state index in [-0.39, 0.29) is 5.91 Å². The third-order valence-corrected chi connectivity index (χ3v) is 3.55. The maximum Gasteiger partial charge on any atom is 0.224 e. The van der Waals surface area contributed by atoms with Crippen molar-refractivity contribution in [3.05, 3.63) is 29.1 Å². The lowest BCUT2D eigenvalue weighted by molar-refractivity contribution is -0.121. The summed E-state index contributed by atoms with van der Waals surface area (Å²) in [7, 11) is 0. The Labute approximate surface area is 103 Å². The van der Waals surface area contributed by atoms with Crippen molar-refractivity contribution in [1.29, 1.82) is 0 Å². The van der Waals surface area contributed by atoms with Crippen molar-refractivity contribution >= 4 is 5.91 Å². The zero-order valence-electron chi connectivity index (χ0n) is 10.6. The topological polar surface area (TPSA) is 42.0 Å². The van der Waals surface area contributed by atoms with Gasteiger partial charge in [0, 0.05) is 18.4 Å². The van der Waals surface area contributed by atoms with E-state index in [1.165, 1.54) is 12.8 Å². The molecule has 0 bridgehead atoms. The summed E-state index contributed by atoms with van der Waals surface area (Å²) in [4.78, 5) is 16.1. The third-order valence-electron chi connectivity index (χ3n) is 3.55. The number of amides is 1. The van der Waals surface area contributed by atoms with Gasteiger partial charge in [-0.25, -0.2) is 0 Å². The Bertz CT molecular complexity index is 388. The highest BCUT2D eigenvalue weighted by Crippen LogP contribution is 2.18. The van der Waals surface area contributed by atoms with Gasteiger partial charge in [0.2, 0.25) is 5.91 Å². The molecule has 3 nitrogen and oxygen atoms in total. The number of hydrogen-bond acceptors (Lipinski definition) is 2. The Balaban J connectivity index is 1.97. The molecule has 1 aromatic rings. The predicted octanol–water partition coefficient (Wildman–Crippen LogP) is 2.30. The molecule has 2 rings (SSSR count). The molecule has 1 aliphatic rings. The second-order valence-electron chi connectivity index (χ2n) is 4.98. The first-order chi connectivity index (χ1) is 8.16. The van der Waals surface area contributed by atoms with Crippen LogP contribution in [0.4, 0.5) is 0 Å². The SMILES string of the molecule is Cc1cncc(C)c1CC(=O)NC1CCCC1. The van der Waals surface area contributed by atoms with Gasteiger partial charge in [0.25, 0.3) is 0 Å². The Morgan fingerprint density at radius 3 is 2.47 bits per heavy atom. The van der Waals surface area contributed by atoms with Crippen LogP contribution in [0.1, 0.15) is 42.4 Å². The van der Waals surface area contributed by atoms with Crippen molar-refractivity contribution in [2.75, 3.05) is 0 Å². The number of nitrogens with one attached hydrogen (secondary N) is 1. The van der Waals surface area contributed by atoms with E-state index in [0.29, 0.717) is 12.5 Å². The quantitative estimate of drug-likeness (QED) is 0.869. The van der Waals surface area contributed by atoms with Crippen LogP contribution in [0.3, 0.4) is 0 Å². The fourth-order valence-corrected chi connectivity index (χ4v) is 2.52. The Kier molecular flexibility index (Phi) is 3.77. The van der Waals surface area contributed by atoms with Gasteiger partial charge in [0.15, 0.2) is 0 Å². The predicted molar refractivity (Wildman–Crippen MR) is 67.8 cm³/mol. The Hall–Kier alpha value is -1.38. The molecule has 1 aromatic heterocycles. The molecule has 0 aromatic carbocycles. The minimum Gasteiger partial charge on any atom is -0.353 e. The van der Waals surface area contributed by atoms with E-state index in [9.17, 15) is 4.79 Å². The van der Waals surface area contributed by atoms with Crippen LogP contribution in [-0.2, 0) is 11.2 Å². The fourth-order valence-electron chi connectivity index (χ4n) is 2.52. The highest BCUT2D eigenvalue weighted by molar-refractivity contribution is 5.79. The van der Waals surface area contributed by atoms with Crippen molar-refractivity contribution < 1.29 is 4.79 Å². The van der Waals surface area contributed by atoms with Gasteiger partial charge in [-0.1, -0.05) is 12.8 Å². The second-order valence-corrected chi connectivity index (χ2v) is 4.98. The number of carbonyl (C=O) groups is 1. The summed E-state index contributed by atoms with van der Waals surface area (Å²) in [5.41, 5.74) is 3.33. The first-order valence-corrected chi connectivity index (χ1v) is 6.36. The van der Waals surface area contributed by atoms with Gasteiger partial charge in [0.1, 0.15) is 0 Å². The molecule has 17 heavy (non-hydrogen) atoms. The largest absolute Gasteiger partial charge is 0.353 e. The number of aryl methyl sites for hydroxylation is 2. The highest BCUT2D eigenvalue weighted by Gasteiger charge is 2.17. The molecule has 1 amide bonds. The number of rotatable bonds is 3. The van der Waals surface area contributed by atoms with Gasteiger partial charge in [-0.05, 0) is 43.4 Å². The average Bonchev–Trinajstić information content (AvgIpc) is 2.76. The lowest BCUT2D eigenvalue weighted by Crippen LogP contribution is -2.34. The van der Waals surface area contributed by atoms with E-state index in [1.807, 2.05) is 26.2 Å². The molecule has 0 spiro atoms. The molecule has 0 aliphatic heterocycles. The number of aromatic nitrogens is 1. The molecule has 3 heteroatoms. The summed E-state index contributed by atoms with van der Waals surface area (Å²) >= 11 is 0. The summed E-state index contributed by atoms with van der Waals surface area (Å²) in [6, 6.07) is 0.407. The van der Waals surface area contributed by atoms with Crippen LogP contribution in [0.25, 0.3) is 0 Å². The molecule has 1 aliphatic carbocycles. The molecule has 0 radical (unpaired) electrons. The van der Waals surface area contributed by atoms with Crippen LogP contribution in [0.2, 0.25) is 0 Å². The van der Waals surface area contributed by atoms with Gasteiger partial charge >= 0.3 is 0 Å². The van der Waals surface area contributed by atoms with Gasteiger partial charge in [0.05, 0.1) is 6.42 Å². The van der Waals surface area contributed by atoms with Crippen molar-refractivity contribution in [2.45, 2.75) is 52.0 Å². The van der Waals surface area contributed by atoms with E-state index < -0.39 is 0 Å². The molecule has 0 unspecified atom stereocenters. The van der Waals surface area contributed by atoms with Crippen molar-refractivity contribution in [3.63, 3.8) is 0 Å². The van der Waals surface area contributed by atoms with E-state index in [2.05, 4.69) is 10.3 Å². The molecule has 1 heterocycles. The van der Waals surface area contributed by atoms with E-state index in [4.69, 9.17) is 0 Å². The zero-order chi connectivity index (χ0) is 12.3. The summed E-state index contributed by atoms with van der Waals surface area (Å²) in [5, 5.41) is 3.12. The number of carbonyl (C=O) groups excluding carboxylic acids is 1. The normalized spacial score (nSPS) is 16.1. The minimum absolute atomic E-state index is 0.148. The summed E-state index contributed by atoms with van der Waals surface area (Å²) < 4.78 is 0. The third kappa shape index (κ3) is 3.05. The molecule has 1 N–H and O–H groups in total. The first kappa shape index (κ1) is 12.1. The molecule has 1 fully saturated rings. The lowest BCUT2D eigenvalue weighted by atomic mass is 10.0. The standard InChI is InChI=1S/C14H20N2O/c1-10-8-15-9-11(2)13(10)7-14(17)16-12-5-3-4-6-12/h8-9,12H,3-7H2,1-2H3,(H,16,17). The summed E-state index contributed by atoms with van der Waals surface area (Å²) in [6.45, 7) is 4.02. The fraction of sp³-hybridized carbons (Fsp3) is 0.571. The maximum absolute atomic E-state index is 11.9. The Morgan fingerprint density at radius 2 is 1.88 bits per heavy atom. The Morgan fingerprint density at radius 1 is 1.29 bits per heavy atom. The molecule has 92 valence electrons. The first-order valence-electron chi connectivity index (χ1n) is 6.36. The molecule has 0 saturated heterocycles. The van der Waals surface area contributed by atoms with Crippen LogP contribution < -0.4 is 5.32 Å². The second kappa shape index (κ2) is 5.30. The smallest absolute Gasteiger partial charge is 0.224 e. The molecular weight excluding hydrogens is 212 g/mol. The highest BCUT2D eigenvalue weighted by atomic mass is 16.1. The summed E-state index contributed by atoms with van der Waals surface area (Å²) in [6.07, 6.45) is 8.91. The molecule has 0 atom stereocenters. The van der Waals surface area contributed by atoms with Crippen LogP contribution in [0, 0.1) is 13.8 Å². The molecule has 1 saturated carbocycles. The van der Waals surface area contributed by atoms with Crippen LogP contribution in [0.15, 0.2) is 12.4 Å². The monoisotopic (exact) mass is 232 g/mol. The number of hydrogen-bond donors (Lipinski definition) is 1. The minimum atomic E-state index is 0.148. The van der Waals surface area contributed by atoms with Crippen molar-refractivity contribution in [2.24, 2.45) is 0 Å². The van der Waals surface area contributed by atoms with Crippen LogP contribution in [-0.4, -0.2) is 16.9 Å². The summed E-state index contributed by atoms with van der Waals surface area (Å²) in [5.74, 6) is 0.148. The van der Waals surface area contributed by atoms with Gasteiger partial charge in [-0.2, -0.15) is 0 Å². The number of pyridine rings is 1. The lowest BCUT2D eigenvalue weighted by Gasteiger charge is -2.13. The van der Waals surface area contributed by atoms with E-state index in [0.717, 1.165) is 29.5 Å². The van der Waals surface area contributed by atoms with Crippen LogP contribution in [0.5, 0.6) is 0 Å². The van der Waals surface area contributed by atoms with Gasteiger partial charge in [-0.15, -0.1) is 0 Å². The number of nitrogens with zero attached hydrogens (tertiary/aromatic N) is 1. The van der Waals surface area contributed by atoms with Crippen molar-refractivity contribution in [1.82, 2.24) is 10.3 Å². The molecular formula is C14H20N2O. The van der Waals surface area contributed by atoms with E-state index in [1.54, 1.807) is 0 Å². The van der Waals surface area contributed by atoms with Gasteiger partial charge < -0.3 is 5.32 Å². The zero-order valence-corrected chi connectivity index (χ0v) is 10.6. The van der Waals surface area contributed by atoms with Gasteiger partial charge in [-0.3, -0.25) is 9.78 Å². The van der Waals surface area contributed by atoms with Crippen LogP contribution >= 0.6 is 0 Å².